The lowest BCUT2D eigenvalue weighted by molar-refractivity contribution is 0.270. The van der Waals surface area contributed by atoms with E-state index in [1.54, 1.807) is 17.0 Å². The lowest BCUT2D eigenvalue weighted by Gasteiger charge is -2.27. The van der Waals surface area contributed by atoms with Crippen molar-refractivity contribution >= 4 is 27.8 Å². The number of hydrogen-bond acceptors (Lipinski definition) is 6. The third-order valence-corrected chi connectivity index (χ3v) is 5.57. The van der Waals surface area contributed by atoms with Crippen molar-refractivity contribution in [1.29, 1.82) is 0 Å². The van der Waals surface area contributed by atoms with Crippen LogP contribution in [0.5, 0.6) is 0 Å². The zero-order chi connectivity index (χ0) is 20.0. The summed E-state index contributed by atoms with van der Waals surface area (Å²) in [4.78, 5) is 32.4. The number of para-hydroxylation sites is 1. The first-order valence-corrected chi connectivity index (χ1v) is 9.84. The molecule has 0 spiro atoms. The van der Waals surface area contributed by atoms with Crippen molar-refractivity contribution in [1.82, 2.24) is 24.5 Å². The average molecular weight is 390 g/mol. The molecule has 3 aromatic heterocycles. The zero-order valence-electron chi connectivity index (χ0n) is 16.2. The van der Waals surface area contributed by atoms with E-state index in [0.717, 1.165) is 41.9 Å². The summed E-state index contributed by atoms with van der Waals surface area (Å²) in [7, 11) is 0. The molecular weight excluding hydrogens is 368 g/mol. The maximum absolute atomic E-state index is 13.1. The van der Waals surface area contributed by atoms with Gasteiger partial charge in [-0.2, -0.15) is 0 Å². The second-order valence-corrected chi connectivity index (χ2v) is 7.43. The number of anilines is 1. The van der Waals surface area contributed by atoms with Crippen LogP contribution in [-0.4, -0.2) is 42.8 Å². The van der Waals surface area contributed by atoms with Crippen LogP contribution in [-0.2, 0) is 6.54 Å². The van der Waals surface area contributed by atoms with Crippen molar-refractivity contribution in [2.24, 2.45) is 0 Å². The Morgan fingerprint density at radius 2 is 2.10 bits per heavy atom. The van der Waals surface area contributed by atoms with E-state index in [-0.39, 0.29) is 24.8 Å². The fourth-order valence-corrected chi connectivity index (χ4v) is 4.32. The summed E-state index contributed by atoms with van der Waals surface area (Å²) >= 11 is 0. The molecule has 1 unspecified atom stereocenters. The molecule has 2 N–H and O–H groups in total. The number of aryl methyl sites for hydroxylation is 1. The Kier molecular flexibility index (Phi) is 4.28. The SMILES string of the molecule is Cc1cc2ncnc(N3CCCC3c3nc4ccccc4c(=O)n3CCO)c2[nH]1. The number of nitrogens with one attached hydrogen (secondary N) is 1. The summed E-state index contributed by atoms with van der Waals surface area (Å²) in [5, 5.41) is 10.2. The Morgan fingerprint density at radius 3 is 2.97 bits per heavy atom. The first kappa shape index (κ1) is 17.8. The van der Waals surface area contributed by atoms with Gasteiger partial charge in [0.1, 0.15) is 17.7 Å². The minimum Gasteiger partial charge on any atom is -0.395 e. The van der Waals surface area contributed by atoms with Gasteiger partial charge < -0.3 is 15.0 Å². The summed E-state index contributed by atoms with van der Waals surface area (Å²) in [6.45, 7) is 2.91. The van der Waals surface area contributed by atoms with E-state index in [9.17, 15) is 9.90 Å². The number of H-pyrrole nitrogens is 1. The molecule has 5 rings (SSSR count). The number of aliphatic hydroxyl groups is 1. The molecule has 0 amide bonds. The molecule has 0 bridgehead atoms. The zero-order valence-corrected chi connectivity index (χ0v) is 16.2. The van der Waals surface area contributed by atoms with Crippen LogP contribution in [0.3, 0.4) is 0 Å². The standard InChI is InChI=1S/C21H22N6O2/c1-13-11-16-18(24-13)20(23-12-22-16)26-8-4-7-17(26)19-25-15-6-3-2-5-14(15)21(29)27(19)9-10-28/h2-3,5-6,11-12,17,24,28H,4,7-10H2,1H3. The summed E-state index contributed by atoms with van der Waals surface area (Å²) in [6, 6.07) is 9.27. The van der Waals surface area contributed by atoms with Crippen molar-refractivity contribution in [3.05, 3.63) is 58.5 Å². The van der Waals surface area contributed by atoms with Crippen LogP contribution < -0.4 is 10.5 Å². The molecule has 1 aromatic carbocycles. The lowest BCUT2D eigenvalue weighted by atomic mass is 10.1. The summed E-state index contributed by atoms with van der Waals surface area (Å²) in [5.74, 6) is 1.50. The van der Waals surface area contributed by atoms with Crippen molar-refractivity contribution < 1.29 is 5.11 Å². The monoisotopic (exact) mass is 390 g/mol. The smallest absolute Gasteiger partial charge is 0.261 e. The lowest BCUT2D eigenvalue weighted by Crippen LogP contribution is -2.33. The summed E-state index contributed by atoms with van der Waals surface area (Å²) in [6.07, 6.45) is 3.41. The maximum atomic E-state index is 13.1. The van der Waals surface area contributed by atoms with Gasteiger partial charge in [-0.15, -0.1) is 0 Å². The Bertz CT molecular complexity index is 1260. The fraction of sp³-hybridized carbons (Fsp3) is 0.333. The highest BCUT2D eigenvalue weighted by Crippen LogP contribution is 2.37. The normalized spacial score (nSPS) is 16.9. The molecule has 1 aliphatic rings. The van der Waals surface area contributed by atoms with E-state index in [1.807, 2.05) is 31.2 Å². The number of hydrogen-bond donors (Lipinski definition) is 2. The van der Waals surface area contributed by atoms with Gasteiger partial charge in [-0.3, -0.25) is 9.36 Å². The van der Waals surface area contributed by atoms with Gasteiger partial charge in [0, 0.05) is 12.2 Å². The van der Waals surface area contributed by atoms with Crippen LogP contribution in [0, 0.1) is 6.92 Å². The van der Waals surface area contributed by atoms with E-state index in [1.165, 1.54) is 0 Å². The highest BCUT2D eigenvalue weighted by atomic mass is 16.3. The number of fused-ring (bicyclic) bond motifs is 2. The average Bonchev–Trinajstić information content (AvgIpc) is 3.35. The van der Waals surface area contributed by atoms with Crippen molar-refractivity contribution in [3.63, 3.8) is 0 Å². The van der Waals surface area contributed by atoms with Gasteiger partial charge in [-0.05, 0) is 38.0 Å². The molecule has 4 aromatic rings. The molecule has 8 heteroatoms. The Balaban J connectivity index is 1.69. The van der Waals surface area contributed by atoms with Crippen molar-refractivity contribution in [2.75, 3.05) is 18.1 Å². The predicted molar refractivity (Wildman–Crippen MR) is 111 cm³/mol. The molecule has 1 saturated heterocycles. The second-order valence-electron chi connectivity index (χ2n) is 7.43. The second kappa shape index (κ2) is 6.97. The highest BCUT2D eigenvalue weighted by molar-refractivity contribution is 5.87. The van der Waals surface area contributed by atoms with Crippen LogP contribution in [0.4, 0.5) is 5.82 Å². The molecule has 1 atom stereocenters. The number of nitrogens with zero attached hydrogens (tertiary/aromatic N) is 5. The van der Waals surface area contributed by atoms with Gasteiger partial charge >= 0.3 is 0 Å². The van der Waals surface area contributed by atoms with Gasteiger partial charge in [0.25, 0.3) is 5.56 Å². The largest absolute Gasteiger partial charge is 0.395 e. The first-order valence-electron chi connectivity index (χ1n) is 9.84. The van der Waals surface area contributed by atoms with Gasteiger partial charge in [-0.25, -0.2) is 15.0 Å². The molecule has 29 heavy (non-hydrogen) atoms. The Morgan fingerprint density at radius 1 is 1.24 bits per heavy atom. The van der Waals surface area contributed by atoms with E-state index in [2.05, 4.69) is 19.9 Å². The van der Waals surface area contributed by atoms with E-state index in [4.69, 9.17) is 4.98 Å². The minimum atomic E-state index is -0.118. The fourth-order valence-electron chi connectivity index (χ4n) is 4.32. The maximum Gasteiger partial charge on any atom is 0.261 e. The van der Waals surface area contributed by atoms with Gasteiger partial charge in [-0.1, -0.05) is 12.1 Å². The number of aromatic amines is 1. The molecule has 4 heterocycles. The Hall–Kier alpha value is -3.26. The van der Waals surface area contributed by atoms with Crippen LogP contribution in [0.1, 0.15) is 30.4 Å². The van der Waals surface area contributed by atoms with E-state index >= 15 is 0 Å². The van der Waals surface area contributed by atoms with Crippen LogP contribution in [0.25, 0.3) is 21.9 Å². The van der Waals surface area contributed by atoms with Crippen molar-refractivity contribution in [3.8, 4) is 0 Å². The van der Waals surface area contributed by atoms with Crippen LogP contribution in [0.15, 0.2) is 41.5 Å². The van der Waals surface area contributed by atoms with Crippen LogP contribution >= 0.6 is 0 Å². The quantitative estimate of drug-likeness (QED) is 0.555. The number of rotatable bonds is 4. The molecule has 8 nitrogen and oxygen atoms in total. The molecule has 148 valence electrons. The summed E-state index contributed by atoms with van der Waals surface area (Å²) < 4.78 is 1.61. The Labute approximate surface area is 166 Å². The number of benzene rings is 1. The van der Waals surface area contributed by atoms with Gasteiger partial charge in [0.15, 0.2) is 5.82 Å². The first-order chi connectivity index (χ1) is 14.2. The number of aromatic nitrogens is 5. The van der Waals surface area contributed by atoms with E-state index in [0.29, 0.717) is 16.7 Å². The molecule has 0 saturated carbocycles. The molecule has 0 aliphatic carbocycles. The summed E-state index contributed by atoms with van der Waals surface area (Å²) in [5.41, 5.74) is 3.36. The van der Waals surface area contributed by atoms with Crippen molar-refractivity contribution in [2.45, 2.75) is 32.4 Å². The third kappa shape index (κ3) is 2.87. The minimum absolute atomic E-state index is 0.0967. The van der Waals surface area contributed by atoms with Crippen LogP contribution in [0.2, 0.25) is 0 Å². The molecule has 1 aliphatic heterocycles. The molecular formula is C21H22N6O2. The molecule has 0 radical (unpaired) electrons. The highest BCUT2D eigenvalue weighted by Gasteiger charge is 2.32. The van der Waals surface area contributed by atoms with E-state index < -0.39 is 0 Å². The topological polar surface area (TPSA) is 99.9 Å². The molecule has 1 fully saturated rings. The van der Waals surface area contributed by atoms with Gasteiger partial charge in [0.05, 0.1) is 35.6 Å². The van der Waals surface area contributed by atoms with Gasteiger partial charge in [0.2, 0.25) is 0 Å². The number of aliphatic hydroxyl groups excluding tert-OH is 1. The third-order valence-electron chi connectivity index (χ3n) is 5.57. The predicted octanol–water partition coefficient (Wildman–Crippen LogP) is 2.31.